The molecule has 31 heavy (non-hydrogen) atoms. The Morgan fingerprint density at radius 2 is 1.68 bits per heavy atom. The van der Waals surface area contributed by atoms with Crippen molar-refractivity contribution in [2.75, 3.05) is 37.8 Å². The molecule has 1 fully saturated rings. The van der Waals surface area contributed by atoms with Crippen LogP contribution < -0.4 is 9.64 Å². The summed E-state index contributed by atoms with van der Waals surface area (Å²) < 4.78 is 11.1. The van der Waals surface area contributed by atoms with Gasteiger partial charge in [-0.05, 0) is 48.4 Å². The Hall–Kier alpha value is -3.63. The second-order valence-corrected chi connectivity index (χ2v) is 7.30. The first-order chi connectivity index (χ1) is 15.1. The Morgan fingerprint density at radius 3 is 2.29 bits per heavy atom. The van der Waals surface area contributed by atoms with E-state index in [1.807, 2.05) is 42.2 Å². The molecular formula is C24H23N3O4. The third kappa shape index (κ3) is 4.03. The number of anilines is 1. The number of nitriles is 1. The maximum atomic E-state index is 13.5. The summed E-state index contributed by atoms with van der Waals surface area (Å²) in [6.45, 7) is 4.73. The van der Waals surface area contributed by atoms with Crippen LogP contribution in [0.3, 0.4) is 0 Å². The van der Waals surface area contributed by atoms with Gasteiger partial charge in [-0.25, -0.2) is 4.90 Å². The molecule has 2 aromatic rings. The number of ether oxygens (including phenoxy) is 2. The minimum Gasteiger partial charge on any atom is -0.494 e. The normalized spacial score (nSPS) is 16.6. The van der Waals surface area contributed by atoms with Gasteiger partial charge in [-0.1, -0.05) is 19.1 Å². The maximum Gasteiger partial charge on any atom is 0.282 e. The molecule has 2 amide bonds. The van der Waals surface area contributed by atoms with Crippen LogP contribution in [0, 0.1) is 11.3 Å². The third-order valence-corrected chi connectivity index (χ3v) is 5.26. The number of hydrogen-bond donors (Lipinski definition) is 0. The number of amides is 2. The Kier molecular flexibility index (Phi) is 6.01. The zero-order chi connectivity index (χ0) is 21.8. The Balaban J connectivity index is 1.73. The van der Waals surface area contributed by atoms with E-state index in [1.165, 1.54) is 4.90 Å². The summed E-state index contributed by atoms with van der Waals surface area (Å²) in [5, 5.41) is 9.04. The minimum absolute atomic E-state index is 0.363. The lowest BCUT2D eigenvalue weighted by molar-refractivity contribution is -0.121. The molecule has 1 saturated heterocycles. The zero-order valence-corrected chi connectivity index (χ0v) is 17.3. The summed E-state index contributed by atoms with van der Waals surface area (Å²) in [4.78, 5) is 30.0. The molecule has 0 bridgehead atoms. The van der Waals surface area contributed by atoms with Gasteiger partial charge < -0.3 is 14.4 Å². The van der Waals surface area contributed by atoms with Crippen LogP contribution in [0.4, 0.5) is 5.69 Å². The summed E-state index contributed by atoms with van der Waals surface area (Å²) in [5.74, 6) is -0.0174. The van der Waals surface area contributed by atoms with Crippen molar-refractivity contribution < 1.29 is 19.1 Å². The highest BCUT2D eigenvalue weighted by Gasteiger charge is 2.42. The van der Waals surface area contributed by atoms with Gasteiger partial charge in [0.05, 0.1) is 42.7 Å². The molecule has 7 nitrogen and oxygen atoms in total. The van der Waals surface area contributed by atoms with Gasteiger partial charge in [0.2, 0.25) is 0 Å². The monoisotopic (exact) mass is 417 g/mol. The maximum absolute atomic E-state index is 13.5. The second kappa shape index (κ2) is 9.02. The molecule has 158 valence electrons. The molecule has 2 aromatic carbocycles. The zero-order valence-electron chi connectivity index (χ0n) is 17.3. The summed E-state index contributed by atoms with van der Waals surface area (Å²) >= 11 is 0. The van der Waals surface area contributed by atoms with Crippen LogP contribution >= 0.6 is 0 Å². The minimum atomic E-state index is -0.376. The third-order valence-electron chi connectivity index (χ3n) is 5.26. The van der Waals surface area contributed by atoms with Gasteiger partial charge in [0, 0.05) is 13.1 Å². The van der Waals surface area contributed by atoms with Crippen LogP contribution in [0.2, 0.25) is 0 Å². The first-order valence-corrected chi connectivity index (χ1v) is 10.3. The molecule has 2 aliphatic heterocycles. The van der Waals surface area contributed by atoms with Gasteiger partial charge >= 0.3 is 0 Å². The van der Waals surface area contributed by atoms with E-state index in [2.05, 4.69) is 0 Å². The predicted octanol–water partition coefficient (Wildman–Crippen LogP) is 2.96. The first-order valence-electron chi connectivity index (χ1n) is 10.3. The fourth-order valence-corrected chi connectivity index (χ4v) is 3.72. The molecule has 0 atom stereocenters. The largest absolute Gasteiger partial charge is 0.494 e. The van der Waals surface area contributed by atoms with Crippen LogP contribution in [0.5, 0.6) is 5.75 Å². The van der Waals surface area contributed by atoms with E-state index in [1.54, 1.807) is 24.3 Å². The Bertz CT molecular complexity index is 1050. The molecule has 0 aromatic heterocycles. The number of benzene rings is 2. The summed E-state index contributed by atoms with van der Waals surface area (Å²) in [6.07, 6.45) is 0.903. The molecule has 0 radical (unpaired) electrons. The quantitative estimate of drug-likeness (QED) is 0.672. The van der Waals surface area contributed by atoms with E-state index in [0.717, 1.165) is 12.2 Å². The Labute approximate surface area is 181 Å². The highest BCUT2D eigenvalue weighted by atomic mass is 16.5. The van der Waals surface area contributed by atoms with E-state index in [4.69, 9.17) is 14.7 Å². The molecule has 7 heteroatoms. The molecule has 0 saturated carbocycles. The molecule has 2 aliphatic rings. The van der Waals surface area contributed by atoms with Crippen molar-refractivity contribution in [2.45, 2.75) is 13.3 Å². The van der Waals surface area contributed by atoms with E-state index in [0.29, 0.717) is 61.0 Å². The highest BCUT2D eigenvalue weighted by Crippen LogP contribution is 2.35. The molecule has 0 spiro atoms. The fourth-order valence-electron chi connectivity index (χ4n) is 3.72. The molecule has 4 rings (SSSR count). The molecule has 0 aliphatic carbocycles. The van der Waals surface area contributed by atoms with Crippen LogP contribution in [0.15, 0.2) is 54.2 Å². The average Bonchev–Trinajstić information content (AvgIpc) is 3.08. The lowest BCUT2D eigenvalue weighted by Gasteiger charge is -2.29. The van der Waals surface area contributed by atoms with Gasteiger partial charge in [-0.2, -0.15) is 5.26 Å². The average molecular weight is 417 g/mol. The van der Waals surface area contributed by atoms with Gasteiger partial charge in [-0.3, -0.25) is 9.59 Å². The van der Waals surface area contributed by atoms with Crippen LogP contribution in [-0.4, -0.2) is 49.6 Å². The van der Waals surface area contributed by atoms with Crippen molar-refractivity contribution in [3.05, 3.63) is 65.4 Å². The lowest BCUT2D eigenvalue weighted by Crippen LogP contribution is -2.40. The molecular weight excluding hydrogens is 394 g/mol. The Morgan fingerprint density at radius 1 is 1.00 bits per heavy atom. The van der Waals surface area contributed by atoms with Gasteiger partial charge in [0.15, 0.2) is 0 Å². The van der Waals surface area contributed by atoms with Crippen molar-refractivity contribution in [3.63, 3.8) is 0 Å². The number of carbonyl (C=O) groups excluding carboxylic acids is 2. The van der Waals surface area contributed by atoms with Crippen molar-refractivity contribution in [2.24, 2.45) is 0 Å². The smallest absolute Gasteiger partial charge is 0.282 e. The van der Waals surface area contributed by atoms with Crippen LogP contribution in [-0.2, 0) is 14.3 Å². The molecule has 2 heterocycles. The van der Waals surface area contributed by atoms with Crippen LogP contribution in [0.25, 0.3) is 5.57 Å². The number of nitrogens with zero attached hydrogens (tertiary/aromatic N) is 3. The van der Waals surface area contributed by atoms with Gasteiger partial charge in [-0.15, -0.1) is 0 Å². The SMILES string of the molecule is CCCOc1ccc(C2=C(N3CCOCC3)C(=O)N(c3ccc(C#N)cc3)C2=O)cc1. The number of carbonyl (C=O) groups is 2. The standard InChI is InChI=1S/C24H23N3O4/c1-2-13-31-20-9-5-18(6-10-20)21-22(26-11-14-30-15-12-26)24(29)27(23(21)28)19-7-3-17(16-25)4-8-19/h3-10H,2,11-15H2,1H3. The van der Waals surface area contributed by atoms with Crippen molar-refractivity contribution in [1.82, 2.24) is 4.90 Å². The van der Waals surface area contributed by atoms with E-state index < -0.39 is 0 Å². The van der Waals surface area contributed by atoms with Gasteiger partial charge in [0.25, 0.3) is 11.8 Å². The summed E-state index contributed by atoms with van der Waals surface area (Å²) in [6, 6.07) is 15.8. The summed E-state index contributed by atoms with van der Waals surface area (Å²) in [7, 11) is 0. The van der Waals surface area contributed by atoms with Crippen molar-refractivity contribution >= 4 is 23.1 Å². The topological polar surface area (TPSA) is 82.9 Å². The van der Waals surface area contributed by atoms with Crippen molar-refractivity contribution in [3.8, 4) is 11.8 Å². The number of morpholine rings is 1. The van der Waals surface area contributed by atoms with Crippen molar-refractivity contribution in [1.29, 1.82) is 5.26 Å². The number of rotatable bonds is 6. The van der Waals surface area contributed by atoms with Crippen LogP contribution in [0.1, 0.15) is 24.5 Å². The molecule has 0 unspecified atom stereocenters. The van der Waals surface area contributed by atoms with E-state index in [9.17, 15) is 9.59 Å². The predicted molar refractivity (Wildman–Crippen MR) is 115 cm³/mol. The first kappa shape index (κ1) is 20.6. The summed E-state index contributed by atoms with van der Waals surface area (Å²) in [5.41, 5.74) is 2.34. The van der Waals surface area contributed by atoms with E-state index in [-0.39, 0.29) is 11.8 Å². The van der Waals surface area contributed by atoms with Gasteiger partial charge in [0.1, 0.15) is 11.4 Å². The number of hydrogen-bond acceptors (Lipinski definition) is 6. The fraction of sp³-hybridized carbons (Fsp3) is 0.292. The number of imide groups is 1. The highest BCUT2D eigenvalue weighted by molar-refractivity contribution is 6.45. The van der Waals surface area contributed by atoms with E-state index >= 15 is 0 Å². The molecule has 0 N–H and O–H groups in total. The lowest BCUT2D eigenvalue weighted by atomic mass is 10.0. The second-order valence-electron chi connectivity index (χ2n) is 7.30.